The van der Waals surface area contributed by atoms with Gasteiger partial charge in [0.25, 0.3) is 0 Å². The van der Waals surface area contributed by atoms with Crippen molar-refractivity contribution < 1.29 is 92.8 Å². The van der Waals surface area contributed by atoms with E-state index < -0.39 is 12.0 Å². The maximum absolute atomic E-state index is 14.0. The number of hydrogen-bond acceptors (Lipinski definition) is 19. The van der Waals surface area contributed by atoms with Crippen molar-refractivity contribution in [1.82, 2.24) is 0 Å². The second-order valence-corrected chi connectivity index (χ2v) is 24.0. The van der Waals surface area contributed by atoms with Crippen LogP contribution in [0.15, 0.2) is 176 Å². The summed E-state index contributed by atoms with van der Waals surface area (Å²) in [4.78, 5) is 38.6. The van der Waals surface area contributed by atoms with E-state index in [1.807, 2.05) is 72.8 Å². The fraction of sp³-hybridized carbons (Fsp3) is 0.338. The largest absolute Gasteiger partial charge is 0.508 e. The van der Waals surface area contributed by atoms with Crippen LogP contribution in [0.4, 0.5) is 0 Å². The number of carbonyl (C=O) groups is 3. The zero-order valence-electron chi connectivity index (χ0n) is 53.4. The summed E-state index contributed by atoms with van der Waals surface area (Å²) in [5, 5.41) is 65.4. The molecule has 0 radical (unpaired) electrons. The molecule has 5 aliphatic rings. The summed E-state index contributed by atoms with van der Waals surface area (Å²) in [7, 11) is 0. The van der Waals surface area contributed by atoms with Crippen LogP contribution >= 0.6 is 0 Å². The van der Waals surface area contributed by atoms with Crippen molar-refractivity contribution in [2.75, 3.05) is 26.4 Å². The SMILES string of the molecule is O=C(Cc1ccc(O)cc1)c1ccc(O)cc1O.O=C(Cc1ccc(OC2CCCCO2)cc1)c1ccc(COC2CCCCO2)cc1O.O=C1c2ccc(COC3CCCCO3)cc2OC(c2ccc(O)cc2)C1c1ccc(OC2CCCCO2)cc1.Oc1cccc(O)c1. The number of carbonyl (C=O) groups excluding carboxylic acids is 3. The molecule has 4 saturated heterocycles. The number of ketones is 3. The van der Waals surface area contributed by atoms with E-state index in [1.54, 1.807) is 54.6 Å². The van der Waals surface area contributed by atoms with Crippen LogP contribution in [0.25, 0.3) is 0 Å². The Labute approximate surface area is 557 Å². The van der Waals surface area contributed by atoms with Gasteiger partial charge >= 0.3 is 0 Å². The molecule has 0 amide bonds. The smallest absolute Gasteiger partial charge is 0.199 e. The van der Waals surface area contributed by atoms with E-state index in [1.165, 1.54) is 42.5 Å². The predicted molar refractivity (Wildman–Crippen MR) is 355 cm³/mol. The first-order valence-electron chi connectivity index (χ1n) is 32.7. The first-order valence-corrected chi connectivity index (χ1v) is 32.7. The molecule has 5 heterocycles. The number of aromatic hydroxyl groups is 7. The third kappa shape index (κ3) is 20.5. The Bertz CT molecular complexity index is 3760. The molecule has 0 spiro atoms. The van der Waals surface area contributed by atoms with Crippen molar-refractivity contribution >= 4 is 17.3 Å². The Balaban J connectivity index is 0.000000156. The molecular formula is C77H82O19. The minimum atomic E-state index is -0.558. The van der Waals surface area contributed by atoms with Gasteiger partial charge in [-0.15, -0.1) is 0 Å². The lowest BCUT2D eigenvalue weighted by Gasteiger charge is -2.33. The Morgan fingerprint density at radius 2 is 0.802 bits per heavy atom. The molecular weight excluding hydrogens is 1230 g/mol. The Morgan fingerprint density at radius 3 is 1.27 bits per heavy atom. The quantitative estimate of drug-likeness (QED) is 0.0393. The molecule has 6 unspecified atom stereocenters. The number of rotatable bonds is 18. The maximum atomic E-state index is 14.0. The summed E-state index contributed by atoms with van der Waals surface area (Å²) in [5.41, 5.74) is 6.01. The molecule has 8 aromatic rings. The van der Waals surface area contributed by atoms with Gasteiger partial charge < -0.3 is 78.4 Å². The van der Waals surface area contributed by atoms with Crippen LogP contribution in [-0.2, 0) is 54.5 Å². The van der Waals surface area contributed by atoms with Crippen LogP contribution in [0, 0.1) is 0 Å². The summed E-state index contributed by atoms with van der Waals surface area (Å²) in [6.45, 7) is 3.63. The van der Waals surface area contributed by atoms with Gasteiger partial charge in [0, 0.05) is 51.0 Å². The van der Waals surface area contributed by atoms with Crippen molar-refractivity contribution in [2.45, 2.75) is 140 Å². The summed E-state index contributed by atoms with van der Waals surface area (Å²) in [6.07, 6.45) is 11.2. The number of Topliss-reactive ketones (excluding diaryl/α,β-unsaturated/α-hetero) is 3. The van der Waals surface area contributed by atoms with Gasteiger partial charge in [-0.05, 0) is 195 Å². The molecule has 7 N–H and O–H groups in total. The molecule has 19 heteroatoms. The molecule has 0 aliphatic carbocycles. The highest BCUT2D eigenvalue weighted by Gasteiger charge is 2.40. The van der Waals surface area contributed by atoms with Gasteiger partial charge in [0.15, 0.2) is 42.5 Å². The second kappa shape index (κ2) is 34.8. The Hall–Kier alpha value is -9.47. The van der Waals surface area contributed by atoms with Gasteiger partial charge in [0.2, 0.25) is 0 Å². The van der Waals surface area contributed by atoms with Gasteiger partial charge in [-0.2, -0.15) is 0 Å². The number of fused-ring (bicyclic) bond motifs is 1. The Morgan fingerprint density at radius 1 is 0.396 bits per heavy atom. The Kier molecular flexibility index (Phi) is 25.1. The molecule has 4 fully saturated rings. The molecule has 8 aromatic carbocycles. The molecule has 504 valence electrons. The fourth-order valence-corrected chi connectivity index (χ4v) is 11.5. The summed E-state index contributed by atoms with van der Waals surface area (Å²) in [5.74, 6) is 1.15. The highest BCUT2D eigenvalue weighted by atomic mass is 16.7. The summed E-state index contributed by atoms with van der Waals surface area (Å²) >= 11 is 0. The second-order valence-electron chi connectivity index (χ2n) is 24.0. The van der Waals surface area contributed by atoms with E-state index in [9.17, 15) is 29.7 Å². The van der Waals surface area contributed by atoms with Crippen LogP contribution in [-0.4, -0.2) is 105 Å². The molecule has 13 rings (SSSR count). The highest BCUT2D eigenvalue weighted by molar-refractivity contribution is 6.05. The van der Waals surface area contributed by atoms with E-state index in [2.05, 4.69) is 0 Å². The molecule has 96 heavy (non-hydrogen) atoms. The van der Waals surface area contributed by atoms with Gasteiger partial charge in [-0.3, -0.25) is 14.4 Å². The minimum Gasteiger partial charge on any atom is -0.508 e. The third-order valence-electron chi connectivity index (χ3n) is 16.6. The van der Waals surface area contributed by atoms with Crippen molar-refractivity contribution in [3.63, 3.8) is 0 Å². The van der Waals surface area contributed by atoms with E-state index in [-0.39, 0.29) is 101 Å². The van der Waals surface area contributed by atoms with Crippen molar-refractivity contribution in [3.05, 3.63) is 226 Å². The number of benzene rings is 8. The molecule has 19 nitrogen and oxygen atoms in total. The number of phenolic OH excluding ortho intramolecular Hbond substituents is 7. The minimum absolute atomic E-state index is 0.0123. The van der Waals surface area contributed by atoms with Crippen molar-refractivity contribution in [3.8, 4) is 57.5 Å². The topological polar surface area (TPSA) is 276 Å². The lowest BCUT2D eigenvalue weighted by atomic mass is 9.81. The molecule has 0 saturated carbocycles. The van der Waals surface area contributed by atoms with Gasteiger partial charge in [-0.1, -0.05) is 66.7 Å². The lowest BCUT2D eigenvalue weighted by molar-refractivity contribution is -0.169. The van der Waals surface area contributed by atoms with Crippen molar-refractivity contribution in [2.24, 2.45) is 0 Å². The number of ether oxygens (including phenoxy) is 9. The van der Waals surface area contributed by atoms with Crippen LogP contribution < -0.4 is 14.2 Å². The maximum Gasteiger partial charge on any atom is 0.199 e. The van der Waals surface area contributed by atoms with Crippen LogP contribution in [0.3, 0.4) is 0 Å². The first-order chi connectivity index (χ1) is 46.7. The average Bonchev–Trinajstić information content (AvgIpc) is 0.766. The van der Waals surface area contributed by atoms with E-state index in [0.29, 0.717) is 42.4 Å². The monoisotopic (exact) mass is 1310 g/mol. The predicted octanol–water partition coefficient (Wildman–Crippen LogP) is 14.5. The highest BCUT2D eigenvalue weighted by Crippen LogP contribution is 2.45. The van der Waals surface area contributed by atoms with Crippen LogP contribution in [0.5, 0.6) is 57.5 Å². The number of hydrogen-bond donors (Lipinski definition) is 7. The summed E-state index contributed by atoms with van der Waals surface area (Å²) in [6, 6.07) is 48.6. The molecule has 6 atom stereocenters. The van der Waals surface area contributed by atoms with Gasteiger partial charge in [0.05, 0.1) is 49.0 Å². The van der Waals surface area contributed by atoms with E-state index >= 15 is 0 Å². The standard InChI is InChI=1S/C32H34O7.C25H30O6.C14H12O4.C6H6O2/c33-24-12-8-23(9-13-24)32-30(22-10-14-25(15-11-22)38-29-6-2-4-18-36-29)31(34)26-16-7-21(19-27(26)39-32)20-37-28-5-1-3-17-35-28;26-22(15-18-7-10-20(11-8-18)31-25-6-2-4-14-29-25)21-12-9-19(16-23(21)27)17-30-24-5-1-3-13-28-24;15-10-3-1-9(2-4-10)7-13(17)12-6-5-11(16)8-14(12)18;7-5-2-1-3-6(8)4-5/h7-16,19,28-30,32-33H,1-6,17-18,20H2;7-12,16,24-25,27H,1-6,13-15,17H2;1-6,8,15-16,18H,7H2;1-4,7-8H. The first kappa shape index (κ1) is 69.4. The average molecular weight is 1310 g/mol. The normalized spacial score (nSPS) is 19.8. The van der Waals surface area contributed by atoms with Gasteiger partial charge in [-0.25, -0.2) is 0 Å². The zero-order chi connectivity index (χ0) is 67.2. The van der Waals surface area contributed by atoms with Crippen LogP contribution in [0.2, 0.25) is 0 Å². The van der Waals surface area contributed by atoms with Crippen LogP contribution in [0.1, 0.15) is 154 Å². The third-order valence-corrected chi connectivity index (χ3v) is 16.6. The van der Waals surface area contributed by atoms with E-state index in [4.69, 9.17) is 63.1 Å². The fourth-order valence-electron chi connectivity index (χ4n) is 11.5. The van der Waals surface area contributed by atoms with Crippen molar-refractivity contribution in [1.29, 1.82) is 0 Å². The number of phenols is 7. The summed E-state index contributed by atoms with van der Waals surface area (Å²) < 4.78 is 52.6. The van der Waals surface area contributed by atoms with E-state index in [0.717, 1.165) is 142 Å². The van der Waals surface area contributed by atoms with Gasteiger partial charge in [0.1, 0.15) is 63.6 Å². The zero-order valence-corrected chi connectivity index (χ0v) is 53.4. The molecule has 0 bridgehead atoms. The lowest BCUT2D eigenvalue weighted by Crippen LogP contribution is -2.30. The molecule has 0 aromatic heterocycles. The molecule has 5 aliphatic heterocycles.